The lowest BCUT2D eigenvalue weighted by Crippen LogP contribution is -2.24. The Kier molecular flexibility index (Phi) is 6.26. The van der Waals surface area contributed by atoms with Crippen LogP contribution in [0.15, 0.2) is 30.3 Å². The first-order chi connectivity index (χ1) is 12.5. The third kappa shape index (κ3) is 5.07. The number of carboxylic acids is 1. The summed E-state index contributed by atoms with van der Waals surface area (Å²) in [6, 6.07) is 6.82. The minimum Gasteiger partial charge on any atom is -0.481 e. The van der Waals surface area contributed by atoms with Crippen molar-refractivity contribution < 1.29 is 27.5 Å². The van der Waals surface area contributed by atoms with Gasteiger partial charge in [-0.15, -0.1) is 0 Å². The molecule has 0 radical (unpaired) electrons. The maximum atomic E-state index is 14.5. The van der Waals surface area contributed by atoms with Crippen LogP contribution in [-0.2, 0) is 17.4 Å². The highest BCUT2D eigenvalue weighted by Gasteiger charge is 2.36. The standard InChI is InChI=1S/C20H21F4NO2/c1-11-4-3-5-12(2)18(11)14-8-13(6-7-15(25)10-17(26)27)19(21)16(9-14)20(22,23)24/h3-5,8-9,15H,6-7,10,25H2,1-2H3,(H,26,27)/t15-/m0/s1. The van der Waals surface area contributed by atoms with Crippen LogP contribution in [0.4, 0.5) is 17.6 Å². The summed E-state index contributed by atoms with van der Waals surface area (Å²) in [6.45, 7) is 3.56. The normalized spacial score (nSPS) is 12.9. The van der Waals surface area contributed by atoms with E-state index in [9.17, 15) is 22.4 Å². The number of rotatable bonds is 6. The van der Waals surface area contributed by atoms with Crippen molar-refractivity contribution in [3.63, 3.8) is 0 Å². The fraction of sp³-hybridized carbons (Fsp3) is 0.350. The van der Waals surface area contributed by atoms with Gasteiger partial charge < -0.3 is 10.8 Å². The van der Waals surface area contributed by atoms with Crippen LogP contribution in [0.5, 0.6) is 0 Å². The zero-order valence-electron chi connectivity index (χ0n) is 15.0. The molecule has 0 amide bonds. The molecule has 7 heteroatoms. The van der Waals surface area contributed by atoms with Crippen LogP contribution in [0.25, 0.3) is 11.1 Å². The van der Waals surface area contributed by atoms with Gasteiger partial charge in [-0.25, -0.2) is 4.39 Å². The Balaban J connectivity index is 2.52. The number of benzene rings is 2. The molecule has 2 aromatic carbocycles. The molecule has 0 aromatic heterocycles. The molecule has 0 aliphatic carbocycles. The molecule has 27 heavy (non-hydrogen) atoms. The third-order valence-corrected chi connectivity index (χ3v) is 4.44. The van der Waals surface area contributed by atoms with Gasteiger partial charge in [-0.05, 0) is 66.6 Å². The second-order valence-corrected chi connectivity index (χ2v) is 6.66. The first kappa shape index (κ1) is 20.9. The van der Waals surface area contributed by atoms with Crippen LogP contribution in [0, 0.1) is 19.7 Å². The molecule has 146 valence electrons. The molecule has 0 unspecified atom stereocenters. The molecule has 0 aliphatic heterocycles. The van der Waals surface area contributed by atoms with Crippen LogP contribution in [0.1, 0.15) is 35.1 Å². The number of aliphatic carboxylic acids is 1. The average Bonchev–Trinajstić information content (AvgIpc) is 2.52. The van der Waals surface area contributed by atoms with Gasteiger partial charge in [-0.3, -0.25) is 4.79 Å². The summed E-state index contributed by atoms with van der Waals surface area (Å²) < 4.78 is 54.6. The van der Waals surface area contributed by atoms with E-state index in [1.165, 1.54) is 6.07 Å². The van der Waals surface area contributed by atoms with Gasteiger partial charge in [0.2, 0.25) is 0 Å². The van der Waals surface area contributed by atoms with Crippen LogP contribution in [0.2, 0.25) is 0 Å². The van der Waals surface area contributed by atoms with E-state index in [0.29, 0.717) is 5.56 Å². The smallest absolute Gasteiger partial charge is 0.419 e. The number of halogens is 4. The van der Waals surface area contributed by atoms with Crippen LogP contribution >= 0.6 is 0 Å². The monoisotopic (exact) mass is 383 g/mol. The number of alkyl halides is 3. The lowest BCUT2D eigenvalue weighted by atomic mass is 9.91. The van der Waals surface area contributed by atoms with Crippen molar-refractivity contribution >= 4 is 5.97 Å². The van der Waals surface area contributed by atoms with Crippen molar-refractivity contribution in [2.45, 2.75) is 45.3 Å². The summed E-state index contributed by atoms with van der Waals surface area (Å²) in [6.07, 6.45) is -5.18. The van der Waals surface area contributed by atoms with Crippen molar-refractivity contribution in [3.05, 3.63) is 58.4 Å². The van der Waals surface area contributed by atoms with Crippen LogP contribution in [0.3, 0.4) is 0 Å². The number of carboxylic acid groups (broad SMARTS) is 1. The first-order valence-corrected chi connectivity index (χ1v) is 8.44. The van der Waals surface area contributed by atoms with Crippen LogP contribution < -0.4 is 5.73 Å². The Morgan fingerprint density at radius 1 is 1.19 bits per heavy atom. The topological polar surface area (TPSA) is 63.3 Å². The highest BCUT2D eigenvalue weighted by Crippen LogP contribution is 2.38. The fourth-order valence-electron chi connectivity index (χ4n) is 3.15. The molecule has 0 saturated carbocycles. The zero-order chi connectivity index (χ0) is 20.4. The highest BCUT2D eigenvalue weighted by molar-refractivity contribution is 5.72. The minimum atomic E-state index is -4.84. The SMILES string of the molecule is Cc1cccc(C)c1-c1cc(CC[C@H](N)CC(=O)O)c(F)c(C(F)(F)F)c1. The lowest BCUT2D eigenvalue weighted by molar-refractivity contribution is -0.140. The van der Waals surface area contributed by atoms with Crippen molar-refractivity contribution in [1.29, 1.82) is 0 Å². The maximum absolute atomic E-state index is 14.5. The van der Waals surface area contributed by atoms with E-state index < -0.39 is 29.6 Å². The molecule has 0 bridgehead atoms. The zero-order valence-corrected chi connectivity index (χ0v) is 15.0. The Labute approximate surface area is 154 Å². The first-order valence-electron chi connectivity index (χ1n) is 8.44. The summed E-state index contributed by atoms with van der Waals surface area (Å²) in [4.78, 5) is 10.7. The quantitative estimate of drug-likeness (QED) is 0.700. The van der Waals surface area contributed by atoms with E-state index >= 15 is 0 Å². The molecule has 0 fully saturated rings. The van der Waals surface area contributed by atoms with Crippen molar-refractivity contribution in [2.75, 3.05) is 0 Å². The van der Waals surface area contributed by atoms with Gasteiger partial charge in [0.25, 0.3) is 0 Å². The Morgan fingerprint density at radius 2 is 1.78 bits per heavy atom. The highest BCUT2D eigenvalue weighted by atomic mass is 19.4. The maximum Gasteiger partial charge on any atom is 0.419 e. The molecule has 0 aliphatic rings. The van der Waals surface area contributed by atoms with Gasteiger partial charge in [0.1, 0.15) is 5.82 Å². The number of carbonyl (C=O) groups is 1. The van der Waals surface area contributed by atoms with Crippen molar-refractivity contribution in [1.82, 2.24) is 0 Å². The number of hydrogen-bond donors (Lipinski definition) is 2. The van der Waals surface area contributed by atoms with E-state index in [-0.39, 0.29) is 30.4 Å². The Morgan fingerprint density at radius 3 is 2.30 bits per heavy atom. The van der Waals surface area contributed by atoms with Gasteiger partial charge in [0.15, 0.2) is 0 Å². The predicted octanol–water partition coefficient (Wildman–Crippen LogP) is 4.86. The van der Waals surface area contributed by atoms with Gasteiger partial charge >= 0.3 is 12.1 Å². The van der Waals surface area contributed by atoms with Gasteiger partial charge in [0.05, 0.1) is 12.0 Å². The third-order valence-electron chi connectivity index (χ3n) is 4.44. The molecular formula is C20H21F4NO2. The van der Waals surface area contributed by atoms with Gasteiger partial charge in [0, 0.05) is 6.04 Å². The number of aryl methyl sites for hydroxylation is 3. The summed E-state index contributed by atoms with van der Waals surface area (Å²) in [5.41, 5.74) is 6.68. The summed E-state index contributed by atoms with van der Waals surface area (Å²) in [5.74, 6) is -2.44. The Hall–Kier alpha value is -2.41. The minimum absolute atomic E-state index is 0.0662. The van der Waals surface area contributed by atoms with E-state index in [1.807, 2.05) is 0 Å². The lowest BCUT2D eigenvalue weighted by Gasteiger charge is -2.17. The van der Waals surface area contributed by atoms with E-state index in [4.69, 9.17) is 10.8 Å². The van der Waals surface area contributed by atoms with E-state index in [2.05, 4.69) is 0 Å². The molecule has 0 heterocycles. The Bertz CT molecular complexity index is 826. The second-order valence-electron chi connectivity index (χ2n) is 6.66. The largest absolute Gasteiger partial charge is 0.481 e. The molecule has 3 nitrogen and oxygen atoms in total. The summed E-state index contributed by atoms with van der Waals surface area (Å²) >= 11 is 0. The van der Waals surface area contributed by atoms with Gasteiger partial charge in [-0.2, -0.15) is 13.2 Å². The van der Waals surface area contributed by atoms with E-state index in [0.717, 1.165) is 17.2 Å². The number of nitrogens with two attached hydrogens (primary N) is 1. The summed E-state index contributed by atoms with van der Waals surface area (Å²) in [7, 11) is 0. The molecular weight excluding hydrogens is 362 g/mol. The summed E-state index contributed by atoms with van der Waals surface area (Å²) in [5, 5.41) is 8.74. The predicted molar refractivity (Wildman–Crippen MR) is 94.9 cm³/mol. The molecule has 1 atom stereocenters. The molecule has 0 spiro atoms. The second kappa shape index (κ2) is 8.08. The van der Waals surface area contributed by atoms with Crippen molar-refractivity contribution in [2.24, 2.45) is 5.73 Å². The molecule has 0 saturated heterocycles. The van der Waals surface area contributed by atoms with Gasteiger partial charge in [-0.1, -0.05) is 18.2 Å². The molecule has 3 N–H and O–H groups in total. The van der Waals surface area contributed by atoms with Crippen molar-refractivity contribution in [3.8, 4) is 11.1 Å². The number of hydrogen-bond acceptors (Lipinski definition) is 2. The molecule has 2 aromatic rings. The molecule has 2 rings (SSSR count). The average molecular weight is 383 g/mol. The van der Waals surface area contributed by atoms with Crippen LogP contribution in [-0.4, -0.2) is 17.1 Å². The van der Waals surface area contributed by atoms with E-state index in [1.54, 1.807) is 32.0 Å². The fourth-order valence-corrected chi connectivity index (χ4v) is 3.15.